The quantitative estimate of drug-likeness (QED) is 0.292. The number of nitrogens with two attached hydrogens (primary N) is 1. The van der Waals surface area contributed by atoms with Crippen molar-refractivity contribution >= 4 is 23.8 Å². The molecule has 11 heteroatoms. The minimum atomic E-state index is -1.62. The molecule has 3 atom stereocenters. The Hall–Kier alpha value is -2.95. The molecular formula is C13H19N5O6. The lowest BCUT2D eigenvalue weighted by atomic mass is 10.1. The monoisotopic (exact) mass is 341 g/mol. The SMILES string of the molecule is C[C@H](N)C(=O)N[C@@H](Cc1cnc[nH]1)C(=O)N[C@@H](CC(=O)O)C(=O)O. The van der Waals surface area contributed by atoms with Crippen molar-refractivity contribution in [3.63, 3.8) is 0 Å². The number of nitrogens with zero attached hydrogens (tertiary/aromatic N) is 1. The normalized spacial score (nSPS) is 14.2. The molecule has 1 rings (SSSR count). The third-order valence-electron chi connectivity index (χ3n) is 3.02. The van der Waals surface area contributed by atoms with Gasteiger partial charge >= 0.3 is 11.9 Å². The molecule has 0 aliphatic rings. The number of imidazole rings is 1. The van der Waals surface area contributed by atoms with E-state index in [-0.39, 0.29) is 6.42 Å². The number of nitrogens with one attached hydrogen (secondary N) is 3. The molecule has 2 amide bonds. The summed E-state index contributed by atoms with van der Waals surface area (Å²) in [5.74, 6) is -4.33. The van der Waals surface area contributed by atoms with Crippen molar-refractivity contribution in [2.24, 2.45) is 5.73 Å². The van der Waals surface area contributed by atoms with E-state index in [0.29, 0.717) is 5.69 Å². The van der Waals surface area contributed by atoms with Crippen LogP contribution in [0.25, 0.3) is 0 Å². The van der Waals surface area contributed by atoms with Gasteiger partial charge < -0.3 is 31.6 Å². The van der Waals surface area contributed by atoms with Gasteiger partial charge in [0.05, 0.1) is 18.8 Å². The summed E-state index contributed by atoms with van der Waals surface area (Å²) >= 11 is 0. The fourth-order valence-electron chi connectivity index (χ4n) is 1.78. The van der Waals surface area contributed by atoms with E-state index in [1.54, 1.807) is 0 Å². The Morgan fingerprint density at radius 2 is 1.83 bits per heavy atom. The third-order valence-corrected chi connectivity index (χ3v) is 3.02. The van der Waals surface area contributed by atoms with E-state index in [1.807, 2.05) is 0 Å². The summed E-state index contributed by atoms with van der Waals surface area (Å²) in [7, 11) is 0. The van der Waals surface area contributed by atoms with E-state index in [9.17, 15) is 19.2 Å². The Labute approximate surface area is 136 Å². The van der Waals surface area contributed by atoms with E-state index >= 15 is 0 Å². The molecule has 0 saturated heterocycles. The number of aliphatic carboxylic acids is 2. The molecule has 0 unspecified atom stereocenters. The number of H-pyrrole nitrogens is 1. The molecule has 0 radical (unpaired) electrons. The molecule has 0 bridgehead atoms. The van der Waals surface area contributed by atoms with Crippen LogP contribution in [0, 0.1) is 0 Å². The molecule has 0 fully saturated rings. The second kappa shape index (κ2) is 8.62. The second-order valence-corrected chi connectivity index (χ2v) is 5.13. The molecule has 7 N–H and O–H groups in total. The first-order chi connectivity index (χ1) is 11.2. The zero-order valence-electron chi connectivity index (χ0n) is 12.9. The van der Waals surface area contributed by atoms with Crippen molar-refractivity contribution in [3.05, 3.63) is 18.2 Å². The van der Waals surface area contributed by atoms with E-state index in [4.69, 9.17) is 15.9 Å². The summed E-state index contributed by atoms with van der Waals surface area (Å²) in [5, 5.41) is 22.2. The average molecular weight is 341 g/mol. The summed E-state index contributed by atoms with van der Waals surface area (Å²) in [6, 6.07) is -3.64. The summed E-state index contributed by atoms with van der Waals surface area (Å²) in [4.78, 5) is 52.2. The third kappa shape index (κ3) is 6.04. The fraction of sp³-hybridized carbons (Fsp3) is 0.462. The summed E-state index contributed by atoms with van der Waals surface area (Å²) in [6.45, 7) is 1.42. The highest BCUT2D eigenvalue weighted by Crippen LogP contribution is 2.02. The van der Waals surface area contributed by atoms with E-state index in [0.717, 1.165) is 0 Å². The number of rotatable bonds is 9. The van der Waals surface area contributed by atoms with Crippen LogP contribution in [-0.2, 0) is 25.6 Å². The van der Waals surface area contributed by atoms with Crippen molar-refractivity contribution in [1.29, 1.82) is 0 Å². The van der Waals surface area contributed by atoms with Crippen LogP contribution >= 0.6 is 0 Å². The maximum Gasteiger partial charge on any atom is 0.326 e. The molecule has 0 aromatic carbocycles. The maximum atomic E-state index is 12.3. The van der Waals surface area contributed by atoms with Crippen LogP contribution in [0.15, 0.2) is 12.5 Å². The van der Waals surface area contributed by atoms with Gasteiger partial charge in [-0.2, -0.15) is 0 Å². The van der Waals surface area contributed by atoms with Gasteiger partial charge in [0.25, 0.3) is 0 Å². The van der Waals surface area contributed by atoms with Crippen molar-refractivity contribution in [2.45, 2.75) is 37.9 Å². The largest absolute Gasteiger partial charge is 0.481 e. The zero-order valence-corrected chi connectivity index (χ0v) is 12.9. The fourth-order valence-corrected chi connectivity index (χ4v) is 1.78. The van der Waals surface area contributed by atoms with Gasteiger partial charge in [-0.25, -0.2) is 9.78 Å². The number of carboxylic acid groups (broad SMARTS) is 2. The predicted octanol–water partition coefficient (Wildman–Crippen LogP) is -2.17. The lowest BCUT2D eigenvalue weighted by molar-refractivity contribution is -0.147. The number of carbonyl (C=O) groups excluding carboxylic acids is 2. The average Bonchev–Trinajstić information content (AvgIpc) is 2.97. The van der Waals surface area contributed by atoms with E-state index in [1.165, 1.54) is 19.4 Å². The van der Waals surface area contributed by atoms with Crippen LogP contribution in [0.3, 0.4) is 0 Å². The minimum absolute atomic E-state index is 0.00367. The molecular weight excluding hydrogens is 322 g/mol. The molecule has 132 valence electrons. The van der Waals surface area contributed by atoms with E-state index in [2.05, 4.69) is 20.6 Å². The van der Waals surface area contributed by atoms with Gasteiger partial charge in [0, 0.05) is 18.3 Å². The van der Waals surface area contributed by atoms with Crippen LogP contribution in [0.2, 0.25) is 0 Å². The van der Waals surface area contributed by atoms with Crippen LogP contribution in [0.4, 0.5) is 0 Å². The number of amides is 2. The molecule has 0 saturated carbocycles. The Morgan fingerprint density at radius 1 is 1.21 bits per heavy atom. The molecule has 24 heavy (non-hydrogen) atoms. The van der Waals surface area contributed by atoms with Gasteiger partial charge in [0.2, 0.25) is 11.8 Å². The molecule has 1 heterocycles. The highest BCUT2D eigenvalue weighted by Gasteiger charge is 2.29. The second-order valence-electron chi connectivity index (χ2n) is 5.13. The number of hydrogen-bond donors (Lipinski definition) is 6. The number of aromatic amines is 1. The van der Waals surface area contributed by atoms with Gasteiger partial charge in [-0.3, -0.25) is 14.4 Å². The molecule has 1 aromatic heterocycles. The molecule has 1 aromatic rings. The van der Waals surface area contributed by atoms with Gasteiger partial charge in [-0.05, 0) is 6.92 Å². The van der Waals surface area contributed by atoms with Crippen molar-refractivity contribution in [1.82, 2.24) is 20.6 Å². The molecule has 0 aliphatic heterocycles. The standard InChI is InChI=1S/C13H19N5O6/c1-6(14)11(21)17-8(2-7-4-15-5-16-7)12(22)18-9(13(23)24)3-10(19)20/h4-6,8-9H,2-3,14H2,1H3,(H,15,16)(H,17,21)(H,18,22)(H,19,20)(H,23,24)/t6-,8-,9-/m0/s1. The summed E-state index contributed by atoms with van der Waals surface area (Å²) in [5.41, 5.74) is 5.96. The molecule has 0 aliphatic carbocycles. The first-order valence-electron chi connectivity index (χ1n) is 6.99. The van der Waals surface area contributed by atoms with Crippen molar-refractivity contribution < 1.29 is 29.4 Å². The van der Waals surface area contributed by atoms with Gasteiger partial charge in [-0.15, -0.1) is 0 Å². The van der Waals surface area contributed by atoms with Crippen LogP contribution < -0.4 is 16.4 Å². The van der Waals surface area contributed by atoms with Crippen LogP contribution in [0.1, 0.15) is 19.0 Å². The Kier molecular flexibility index (Phi) is 6.86. The van der Waals surface area contributed by atoms with Crippen molar-refractivity contribution in [2.75, 3.05) is 0 Å². The first-order valence-corrected chi connectivity index (χ1v) is 6.99. The summed E-state index contributed by atoms with van der Waals surface area (Å²) < 4.78 is 0. The molecule has 0 spiro atoms. The number of carboxylic acids is 2. The zero-order chi connectivity index (χ0) is 18.3. The number of hydrogen-bond acceptors (Lipinski definition) is 6. The lowest BCUT2D eigenvalue weighted by Gasteiger charge is -2.21. The highest BCUT2D eigenvalue weighted by molar-refractivity contribution is 5.92. The topological polar surface area (TPSA) is 187 Å². The minimum Gasteiger partial charge on any atom is -0.481 e. The van der Waals surface area contributed by atoms with Crippen LogP contribution in [-0.4, -0.2) is 62.1 Å². The van der Waals surface area contributed by atoms with Gasteiger partial charge in [0.1, 0.15) is 12.1 Å². The number of aromatic nitrogens is 2. The highest BCUT2D eigenvalue weighted by atomic mass is 16.4. The molecule has 11 nitrogen and oxygen atoms in total. The maximum absolute atomic E-state index is 12.3. The Morgan fingerprint density at radius 3 is 2.29 bits per heavy atom. The smallest absolute Gasteiger partial charge is 0.326 e. The van der Waals surface area contributed by atoms with Gasteiger partial charge in [0.15, 0.2) is 0 Å². The lowest BCUT2D eigenvalue weighted by Crippen LogP contribution is -2.55. The summed E-state index contributed by atoms with van der Waals surface area (Å²) in [6.07, 6.45) is 2.02. The Balaban J connectivity index is 2.86. The first kappa shape index (κ1) is 19.1. The van der Waals surface area contributed by atoms with Crippen LogP contribution in [0.5, 0.6) is 0 Å². The van der Waals surface area contributed by atoms with Crippen molar-refractivity contribution in [3.8, 4) is 0 Å². The number of carbonyl (C=O) groups is 4. The van der Waals surface area contributed by atoms with E-state index < -0.39 is 48.3 Å². The Bertz CT molecular complexity index is 600. The predicted molar refractivity (Wildman–Crippen MR) is 79.7 cm³/mol. The van der Waals surface area contributed by atoms with Gasteiger partial charge in [-0.1, -0.05) is 0 Å².